The Morgan fingerprint density at radius 2 is 2.14 bits per heavy atom. The van der Waals surface area contributed by atoms with Gasteiger partial charge in [0.2, 0.25) is 0 Å². The number of benzene rings is 2. The van der Waals surface area contributed by atoms with E-state index in [0.717, 1.165) is 48.1 Å². The second-order valence-electron chi connectivity index (χ2n) is 7.68. The largest absolute Gasteiger partial charge is 0.497 e. The molecule has 2 N–H and O–H groups in total. The molecule has 4 rings (SSSR count). The molecule has 0 radical (unpaired) electrons. The highest BCUT2D eigenvalue weighted by molar-refractivity contribution is 5.85. The van der Waals surface area contributed by atoms with Gasteiger partial charge in [-0.15, -0.1) is 0 Å². The molecule has 1 aliphatic rings. The lowest BCUT2D eigenvalue weighted by Crippen LogP contribution is -2.40. The van der Waals surface area contributed by atoms with Gasteiger partial charge in [0.1, 0.15) is 5.75 Å². The highest BCUT2D eigenvalue weighted by Crippen LogP contribution is 2.29. The van der Waals surface area contributed by atoms with Crippen molar-refractivity contribution in [3.8, 4) is 11.5 Å². The highest BCUT2D eigenvalue weighted by Gasteiger charge is 2.24. The van der Waals surface area contributed by atoms with E-state index in [2.05, 4.69) is 9.88 Å². The van der Waals surface area contributed by atoms with Crippen LogP contribution in [0, 0.1) is 11.7 Å². The molecule has 1 saturated heterocycles. The number of rotatable bonds is 7. The van der Waals surface area contributed by atoms with Crippen molar-refractivity contribution < 1.29 is 19.0 Å². The zero-order chi connectivity index (χ0) is 20.2. The number of β-amino-alcohol motifs (C(OH)–C–C–N with tert-alkyl or cyclic N) is 1. The number of likely N-dealkylation sites (tertiary alicyclic amines) is 1. The number of methoxy groups -OCH3 is 1. The lowest BCUT2D eigenvalue weighted by atomic mass is 9.98. The third-order valence-electron chi connectivity index (χ3n) is 5.63. The molecule has 0 bridgehead atoms. The summed E-state index contributed by atoms with van der Waals surface area (Å²) in [5, 5.41) is 11.9. The van der Waals surface area contributed by atoms with Crippen molar-refractivity contribution in [2.24, 2.45) is 5.92 Å². The molecule has 0 aliphatic carbocycles. The maximum absolute atomic E-state index is 13.8. The Labute approximate surface area is 170 Å². The summed E-state index contributed by atoms with van der Waals surface area (Å²) in [7, 11) is 1.64. The predicted octanol–water partition coefficient (Wildman–Crippen LogP) is 4.14. The first-order valence-electron chi connectivity index (χ1n) is 10.1. The minimum atomic E-state index is -0.595. The first kappa shape index (κ1) is 19.7. The van der Waals surface area contributed by atoms with Gasteiger partial charge in [0.15, 0.2) is 11.6 Å². The Morgan fingerprint density at radius 1 is 1.28 bits per heavy atom. The number of fused-ring (bicyclic) bond motifs is 1. The number of hydrogen-bond acceptors (Lipinski definition) is 4. The van der Waals surface area contributed by atoms with E-state index in [1.807, 2.05) is 24.4 Å². The Kier molecular flexibility index (Phi) is 6.02. The van der Waals surface area contributed by atoms with Crippen LogP contribution in [0.5, 0.6) is 11.5 Å². The van der Waals surface area contributed by atoms with Gasteiger partial charge in [0.25, 0.3) is 0 Å². The molecule has 6 heteroatoms. The van der Waals surface area contributed by atoms with Crippen molar-refractivity contribution in [3.05, 3.63) is 60.0 Å². The molecule has 0 spiro atoms. The molecule has 5 nitrogen and oxygen atoms in total. The van der Waals surface area contributed by atoms with Crippen molar-refractivity contribution in [2.75, 3.05) is 33.4 Å². The maximum atomic E-state index is 13.8. The van der Waals surface area contributed by atoms with Crippen LogP contribution < -0.4 is 9.47 Å². The molecule has 0 saturated carbocycles. The van der Waals surface area contributed by atoms with Crippen LogP contribution in [0.1, 0.15) is 24.5 Å². The number of aromatic amines is 1. The molecular formula is C23H27FN2O3. The molecule has 1 fully saturated rings. The third-order valence-corrected chi connectivity index (χ3v) is 5.63. The van der Waals surface area contributed by atoms with E-state index in [4.69, 9.17) is 9.47 Å². The standard InChI is InChI=1S/C23H27FN2O3/c1-28-17-8-9-21-18(11-17)19(12-25-21)22(27)14-26-10-4-5-16(13-26)15-29-23-7-3-2-6-20(23)24/h2-3,6-9,11-12,16,22,25,27H,4-5,10,13-15H2,1H3/t16-,22-/m1/s1. The summed E-state index contributed by atoms with van der Waals surface area (Å²) in [5.41, 5.74) is 1.86. The van der Waals surface area contributed by atoms with Gasteiger partial charge in [-0.1, -0.05) is 12.1 Å². The Bertz CT molecular complexity index is 958. The van der Waals surface area contributed by atoms with Gasteiger partial charge >= 0.3 is 0 Å². The number of piperidine rings is 1. The number of para-hydroxylation sites is 1. The molecule has 1 aliphatic heterocycles. The first-order valence-corrected chi connectivity index (χ1v) is 10.1. The smallest absolute Gasteiger partial charge is 0.165 e. The average molecular weight is 398 g/mol. The van der Waals surface area contributed by atoms with Gasteiger partial charge in [0, 0.05) is 41.7 Å². The first-order chi connectivity index (χ1) is 14.1. The molecule has 2 aromatic carbocycles. The highest BCUT2D eigenvalue weighted by atomic mass is 19.1. The number of nitrogens with one attached hydrogen (secondary N) is 1. The summed E-state index contributed by atoms with van der Waals surface area (Å²) in [5.74, 6) is 1.07. The predicted molar refractivity (Wildman–Crippen MR) is 111 cm³/mol. The van der Waals surface area contributed by atoms with Crippen molar-refractivity contribution >= 4 is 10.9 Å². The number of aliphatic hydroxyl groups is 1. The number of halogens is 1. The number of hydrogen-bond donors (Lipinski definition) is 2. The fourth-order valence-corrected chi connectivity index (χ4v) is 4.09. The van der Waals surface area contributed by atoms with Gasteiger partial charge in [-0.05, 0) is 49.7 Å². The van der Waals surface area contributed by atoms with E-state index < -0.39 is 6.10 Å². The van der Waals surface area contributed by atoms with E-state index in [1.165, 1.54) is 6.07 Å². The summed E-state index contributed by atoms with van der Waals surface area (Å²) in [6, 6.07) is 12.3. The molecule has 154 valence electrons. The van der Waals surface area contributed by atoms with Crippen LogP contribution in [0.2, 0.25) is 0 Å². The molecule has 2 heterocycles. The lowest BCUT2D eigenvalue weighted by Gasteiger charge is -2.33. The fourth-order valence-electron chi connectivity index (χ4n) is 4.09. The number of H-pyrrole nitrogens is 1. The molecule has 29 heavy (non-hydrogen) atoms. The minimum absolute atomic E-state index is 0.303. The fraction of sp³-hybridized carbons (Fsp3) is 0.391. The van der Waals surface area contributed by atoms with Gasteiger partial charge in [-0.25, -0.2) is 4.39 Å². The van der Waals surface area contributed by atoms with Crippen molar-refractivity contribution in [2.45, 2.75) is 18.9 Å². The quantitative estimate of drug-likeness (QED) is 0.628. The van der Waals surface area contributed by atoms with E-state index in [-0.39, 0.29) is 5.82 Å². The van der Waals surface area contributed by atoms with Crippen LogP contribution >= 0.6 is 0 Å². The maximum Gasteiger partial charge on any atom is 0.165 e. The monoisotopic (exact) mass is 398 g/mol. The van der Waals surface area contributed by atoms with Crippen molar-refractivity contribution in [3.63, 3.8) is 0 Å². The second-order valence-corrected chi connectivity index (χ2v) is 7.68. The number of aliphatic hydroxyl groups excluding tert-OH is 1. The molecule has 3 aromatic rings. The van der Waals surface area contributed by atoms with Crippen LogP contribution in [0.25, 0.3) is 10.9 Å². The summed E-state index contributed by atoms with van der Waals surface area (Å²) < 4.78 is 24.8. The molecule has 0 unspecified atom stereocenters. The van der Waals surface area contributed by atoms with Crippen molar-refractivity contribution in [1.82, 2.24) is 9.88 Å². The van der Waals surface area contributed by atoms with Gasteiger partial charge < -0.3 is 24.5 Å². The van der Waals surface area contributed by atoms with E-state index in [0.29, 0.717) is 24.8 Å². The minimum Gasteiger partial charge on any atom is -0.497 e. The van der Waals surface area contributed by atoms with Crippen LogP contribution in [0.15, 0.2) is 48.7 Å². The van der Waals surface area contributed by atoms with Crippen LogP contribution in [0.4, 0.5) is 4.39 Å². The normalized spacial score (nSPS) is 18.7. The number of nitrogens with zero attached hydrogens (tertiary/aromatic N) is 1. The van der Waals surface area contributed by atoms with E-state index in [9.17, 15) is 9.50 Å². The summed E-state index contributed by atoms with van der Waals surface area (Å²) >= 11 is 0. The van der Waals surface area contributed by atoms with Gasteiger partial charge in [-0.2, -0.15) is 0 Å². The van der Waals surface area contributed by atoms with Crippen LogP contribution in [-0.4, -0.2) is 48.3 Å². The van der Waals surface area contributed by atoms with Crippen LogP contribution in [-0.2, 0) is 0 Å². The van der Waals surface area contributed by atoms with Gasteiger partial charge in [-0.3, -0.25) is 0 Å². The topological polar surface area (TPSA) is 57.7 Å². The summed E-state index contributed by atoms with van der Waals surface area (Å²) in [4.78, 5) is 5.49. The second kappa shape index (κ2) is 8.84. The number of ether oxygens (including phenoxy) is 2. The molecular weight excluding hydrogens is 371 g/mol. The average Bonchev–Trinajstić information content (AvgIpc) is 3.16. The zero-order valence-corrected chi connectivity index (χ0v) is 16.6. The molecule has 0 amide bonds. The zero-order valence-electron chi connectivity index (χ0n) is 16.6. The molecule has 1 aromatic heterocycles. The Balaban J connectivity index is 1.37. The van der Waals surface area contributed by atoms with E-state index in [1.54, 1.807) is 25.3 Å². The Morgan fingerprint density at radius 3 is 2.97 bits per heavy atom. The summed E-state index contributed by atoms with van der Waals surface area (Å²) in [6.07, 6.45) is 3.37. The lowest BCUT2D eigenvalue weighted by molar-refractivity contribution is 0.0715. The third kappa shape index (κ3) is 4.54. The Hall–Kier alpha value is -2.57. The SMILES string of the molecule is COc1ccc2[nH]cc([C@H](O)CN3CCC[C@@H](COc4ccccc4F)C3)c2c1. The van der Waals surface area contributed by atoms with Crippen molar-refractivity contribution in [1.29, 1.82) is 0 Å². The van der Waals surface area contributed by atoms with Gasteiger partial charge in [0.05, 0.1) is 19.8 Å². The van der Waals surface area contributed by atoms with Crippen LogP contribution in [0.3, 0.4) is 0 Å². The van der Waals surface area contributed by atoms with E-state index >= 15 is 0 Å². The summed E-state index contributed by atoms with van der Waals surface area (Å²) in [6.45, 7) is 2.81. The molecule has 2 atom stereocenters. The number of aromatic nitrogens is 1.